The predicted molar refractivity (Wildman–Crippen MR) is 137 cm³/mol. The summed E-state index contributed by atoms with van der Waals surface area (Å²) in [6, 6.07) is 16.8. The highest BCUT2D eigenvalue weighted by Gasteiger charge is 2.22. The summed E-state index contributed by atoms with van der Waals surface area (Å²) in [6.07, 6.45) is 5.48. The molecule has 1 amide bonds. The van der Waals surface area contributed by atoms with E-state index in [1.807, 2.05) is 48.5 Å². The zero-order valence-electron chi connectivity index (χ0n) is 20.2. The van der Waals surface area contributed by atoms with E-state index < -0.39 is 0 Å². The van der Waals surface area contributed by atoms with Gasteiger partial charge in [0.05, 0.1) is 6.54 Å². The highest BCUT2D eigenvalue weighted by molar-refractivity contribution is 5.93. The molecule has 0 saturated carbocycles. The summed E-state index contributed by atoms with van der Waals surface area (Å²) in [7, 11) is 0. The van der Waals surface area contributed by atoms with E-state index in [2.05, 4.69) is 21.7 Å². The molecule has 5 rings (SSSR count). The summed E-state index contributed by atoms with van der Waals surface area (Å²) >= 11 is 0. The van der Waals surface area contributed by atoms with Crippen LogP contribution >= 0.6 is 0 Å². The number of fused-ring (bicyclic) bond motifs is 1. The first kappa shape index (κ1) is 24.1. The van der Waals surface area contributed by atoms with E-state index in [1.54, 1.807) is 29.4 Å². The monoisotopic (exact) mass is 498 g/mol. The fraction of sp³-hybridized carbons (Fsp3) is 0.214. The van der Waals surface area contributed by atoms with Crippen LogP contribution in [0.4, 0.5) is 5.69 Å². The molecule has 1 aliphatic rings. The van der Waals surface area contributed by atoms with Crippen LogP contribution in [0.25, 0.3) is 11.4 Å². The fourth-order valence-corrected chi connectivity index (χ4v) is 3.94. The van der Waals surface area contributed by atoms with E-state index in [1.165, 1.54) is 0 Å². The van der Waals surface area contributed by atoms with Crippen molar-refractivity contribution >= 4 is 11.6 Å². The molecule has 0 fully saturated rings. The number of benzene rings is 2. The second-order valence-corrected chi connectivity index (χ2v) is 8.27. The predicted octanol–water partition coefficient (Wildman–Crippen LogP) is 4.63. The number of nitrogens with zero attached hydrogens (tertiary/aromatic N) is 4. The van der Waals surface area contributed by atoms with Crippen molar-refractivity contribution in [3.8, 4) is 28.6 Å². The van der Waals surface area contributed by atoms with Crippen molar-refractivity contribution in [2.75, 3.05) is 24.7 Å². The number of amides is 1. The summed E-state index contributed by atoms with van der Waals surface area (Å²) in [4.78, 5) is 23.8. The number of pyridine rings is 1. The molecule has 3 heterocycles. The van der Waals surface area contributed by atoms with Gasteiger partial charge in [0, 0.05) is 48.1 Å². The van der Waals surface area contributed by atoms with Crippen LogP contribution in [0.5, 0.6) is 17.2 Å². The van der Waals surface area contributed by atoms with Crippen molar-refractivity contribution < 1.29 is 23.5 Å². The minimum atomic E-state index is -0.115. The van der Waals surface area contributed by atoms with E-state index in [-0.39, 0.29) is 12.3 Å². The standard InChI is InChI=1S/C28H26N4O5/c1-2-14-34-23-8-4-3-6-21(23)19-32(22-9-10-24-25(17-22)36-16-15-35-24)27(33)12-11-26-30-28(31-37-26)20-7-5-13-29-18-20/h2-10,13,17-18H,1,11-12,14-16,19H2. The molecule has 0 saturated heterocycles. The highest BCUT2D eigenvalue weighted by atomic mass is 16.6. The number of carbonyl (C=O) groups excluding carboxylic acids is 1. The molecular weight excluding hydrogens is 472 g/mol. The Morgan fingerprint density at radius 1 is 1.08 bits per heavy atom. The van der Waals surface area contributed by atoms with E-state index >= 15 is 0 Å². The summed E-state index contributed by atoms with van der Waals surface area (Å²) < 4.78 is 22.6. The highest BCUT2D eigenvalue weighted by Crippen LogP contribution is 2.35. The number of para-hydroxylation sites is 1. The third kappa shape index (κ3) is 5.78. The number of ether oxygens (including phenoxy) is 3. The van der Waals surface area contributed by atoms with Gasteiger partial charge in [0.25, 0.3) is 0 Å². The summed E-state index contributed by atoms with van der Waals surface area (Å²) in [5.74, 6) is 2.66. The van der Waals surface area contributed by atoms with Gasteiger partial charge in [-0.3, -0.25) is 9.78 Å². The molecule has 0 radical (unpaired) electrons. The molecular formula is C28H26N4O5. The van der Waals surface area contributed by atoms with E-state index in [0.29, 0.717) is 67.4 Å². The molecule has 37 heavy (non-hydrogen) atoms. The van der Waals surface area contributed by atoms with Crippen LogP contribution in [0, 0.1) is 0 Å². The van der Waals surface area contributed by atoms with Crippen molar-refractivity contribution in [1.29, 1.82) is 0 Å². The maximum absolute atomic E-state index is 13.6. The molecule has 0 atom stereocenters. The van der Waals surface area contributed by atoms with Gasteiger partial charge in [0.15, 0.2) is 11.5 Å². The second kappa shape index (κ2) is 11.4. The van der Waals surface area contributed by atoms with Gasteiger partial charge in [-0.1, -0.05) is 36.0 Å². The third-order valence-electron chi connectivity index (χ3n) is 5.74. The first-order chi connectivity index (χ1) is 18.2. The Kier molecular flexibility index (Phi) is 7.40. The quantitative estimate of drug-likeness (QED) is 0.292. The lowest BCUT2D eigenvalue weighted by molar-refractivity contribution is -0.118. The van der Waals surface area contributed by atoms with Gasteiger partial charge >= 0.3 is 0 Å². The van der Waals surface area contributed by atoms with Crippen LogP contribution < -0.4 is 19.1 Å². The summed E-state index contributed by atoms with van der Waals surface area (Å²) in [5, 5.41) is 4.02. The number of anilines is 1. The number of hydrogen-bond donors (Lipinski definition) is 0. The minimum Gasteiger partial charge on any atom is -0.489 e. The fourth-order valence-electron chi connectivity index (χ4n) is 3.94. The molecule has 1 aliphatic heterocycles. The van der Waals surface area contributed by atoms with Crippen LogP contribution in [-0.2, 0) is 17.8 Å². The Morgan fingerprint density at radius 3 is 2.78 bits per heavy atom. The van der Waals surface area contributed by atoms with Crippen molar-refractivity contribution in [2.45, 2.75) is 19.4 Å². The third-order valence-corrected chi connectivity index (χ3v) is 5.74. The Hall–Kier alpha value is -4.66. The molecule has 0 spiro atoms. The normalized spacial score (nSPS) is 12.1. The van der Waals surface area contributed by atoms with Crippen molar-refractivity contribution in [2.24, 2.45) is 0 Å². The molecule has 0 bridgehead atoms. The lowest BCUT2D eigenvalue weighted by Gasteiger charge is -2.26. The average molecular weight is 499 g/mol. The molecule has 9 nitrogen and oxygen atoms in total. The lowest BCUT2D eigenvalue weighted by atomic mass is 10.1. The van der Waals surface area contributed by atoms with Crippen LogP contribution in [0.3, 0.4) is 0 Å². The van der Waals surface area contributed by atoms with Crippen LogP contribution in [0.2, 0.25) is 0 Å². The lowest BCUT2D eigenvalue weighted by Crippen LogP contribution is -2.31. The van der Waals surface area contributed by atoms with Gasteiger partial charge in [-0.2, -0.15) is 4.98 Å². The zero-order valence-corrected chi connectivity index (χ0v) is 20.2. The Bertz CT molecular complexity index is 1370. The molecule has 2 aromatic heterocycles. The van der Waals surface area contributed by atoms with E-state index in [0.717, 1.165) is 11.1 Å². The van der Waals surface area contributed by atoms with Crippen molar-refractivity contribution in [3.63, 3.8) is 0 Å². The molecule has 0 unspecified atom stereocenters. The maximum Gasteiger partial charge on any atom is 0.227 e. The number of aromatic nitrogens is 3. The molecule has 4 aromatic rings. The molecule has 0 N–H and O–H groups in total. The SMILES string of the molecule is C=CCOc1ccccc1CN(C(=O)CCc1nc(-c2cccnc2)no1)c1ccc2c(c1)OCCO2. The first-order valence-electron chi connectivity index (χ1n) is 12.0. The summed E-state index contributed by atoms with van der Waals surface area (Å²) in [6.45, 7) is 5.34. The summed E-state index contributed by atoms with van der Waals surface area (Å²) in [5.41, 5.74) is 2.30. The van der Waals surface area contributed by atoms with Crippen molar-refractivity contribution in [3.05, 3.63) is 91.1 Å². The maximum atomic E-state index is 13.6. The van der Waals surface area contributed by atoms with E-state index in [4.69, 9.17) is 18.7 Å². The largest absolute Gasteiger partial charge is 0.489 e. The smallest absolute Gasteiger partial charge is 0.227 e. The van der Waals surface area contributed by atoms with Gasteiger partial charge in [0.1, 0.15) is 25.6 Å². The average Bonchev–Trinajstić information content (AvgIpc) is 3.43. The first-order valence-corrected chi connectivity index (χ1v) is 12.0. The topological polar surface area (TPSA) is 99.8 Å². The van der Waals surface area contributed by atoms with Gasteiger partial charge in [-0.25, -0.2) is 0 Å². The molecule has 188 valence electrons. The Balaban J connectivity index is 1.37. The number of hydrogen-bond acceptors (Lipinski definition) is 8. The second-order valence-electron chi connectivity index (χ2n) is 8.27. The minimum absolute atomic E-state index is 0.115. The number of aryl methyl sites for hydroxylation is 1. The van der Waals surface area contributed by atoms with E-state index in [9.17, 15) is 4.79 Å². The Morgan fingerprint density at radius 2 is 1.95 bits per heavy atom. The Labute approximate surface area is 214 Å². The van der Waals surface area contributed by atoms with Gasteiger partial charge in [-0.15, -0.1) is 0 Å². The van der Waals surface area contributed by atoms with Gasteiger partial charge in [-0.05, 0) is 30.3 Å². The van der Waals surface area contributed by atoms with Gasteiger partial charge in [0.2, 0.25) is 17.6 Å². The number of rotatable bonds is 10. The van der Waals surface area contributed by atoms with Gasteiger partial charge < -0.3 is 23.6 Å². The van der Waals surface area contributed by atoms with Crippen LogP contribution in [0.15, 0.2) is 84.2 Å². The van der Waals surface area contributed by atoms with Crippen LogP contribution in [0.1, 0.15) is 17.9 Å². The molecule has 0 aliphatic carbocycles. The van der Waals surface area contributed by atoms with Crippen LogP contribution in [-0.4, -0.2) is 40.9 Å². The zero-order chi connectivity index (χ0) is 25.5. The number of carbonyl (C=O) groups is 1. The molecule has 9 heteroatoms. The van der Waals surface area contributed by atoms with Crippen molar-refractivity contribution in [1.82, 2.24) is 15.1 Å². The molecule has 2 aromatic carbocycles.